The van der Waals surface area contributed by atoms with E-state index in [9.17, 15) is 26.8 Å². The second-order valence-electron chi connectivity index (χ2n) is 9.39. The number of sulfonamides is 1. The summed E-state index contributed by atoms with van der Waals surface area (Å²) in [5, 5.41) is 12.0. The van der Waals surface area contributed by atoms with Crippen molar-refractivity contribution in [2.24, 2.45) is 5.41 Å². The minimum Gasteiger partial charge on any atom is -0.491 e. The van der Waals surface area contributed by atoms with E-state index in [0.29, 0.717) is 25.7 Å². The summed E-state index contributed by atoms with van der Waals surface area (Å²) in [5.74, 6) is -2.81. The van der Waals surface area contributed by atoms with Gasteiger partial charge < -0.3 is 15.2 Å². The van der Waals surface area contributed by atoms with Gasteiger partial charge in [0, 0.05) is 30.6 Å². The van der Waals surface area contributed by atoms with Gasteiger partial charge in [0.25, 0.3) is 0 Å². The fourth-order valence-corrected chi connectivity index (χ4v) is 5.41. The van der Waals surface area contributed by atoms with Crippen LogP contribution in [0, 0.1) is 17.0 Å². The normalized spacial score (nSPS) is 15.4. The SMILES string of the molecule is CC(C)(CCCOc1ccc(F)cc1F)C(=O)NC1CCN(S(=O)(=O)c2ccc(C(=O)O)cc2)CC1. The number of carboxylic acid groups (broad SMARTS) is 1. The molecule has 1 aliphatic rings. The Bertz CT molecular complexity index is 1190. The molecule has 3 rings (SSSR count). The van der Waals surface area contributed by atoms with Crippen molar-refractivity contribution in [1.82, 2.24) is 9.62 Å². The maximum atomic E-state index is 13.7. The molecule has 8 nitrogen and oxygen atoms in total. The van der Waals surface area contributed by atoms with Gasteiger partial charge in [0.2, 0.25) is 15.9 Å². The number of ether oxygens (including phenoxy) is 1. The zero-order chi connectivity index (χ0) is 26.5. The minimum atomic E-state index is -3.76. The first kappa shape index (κ1) is 27.5. The van der Waals surface area contributed by atoms with E-state index < -0.39 is 33.0 Å². The van der Waals surface area contributed by atoms with Crippen LogP contribution < -0.4 is 10.1 Å². The number of nitrogens with one attached hydrogen (secondary N) is 1. The zero-order valence-corrected chi connectivity index (χ0v) is 21.0. The molecule has 0 saturated carbocycles. The number of rotatable bonds is 10. The summed E-state index contributed by atoms with van der Waals surface area (Å²) < 4.78 is 59.1. The number of nitrogens with zero attached hydrogens (tertiary/aromatic N) is 1. The van der Waals surface area contributed by atoms with Gasteiger partial charge in [0.1, 0.15) is 5.82 Å². The summed E-state index contributed by atoms with van der Waals surface area (Å²) in [6, 6.07) is 7.98. The van der Waals surface area contributed by atoms with Gasteiger partial charge >= 0.3 is 5.97 Å². The topological polar surface area (TPSA) is 113 Å². The monoisotopic (exact) mass is 524 g/mol. The van der Waals surface area contributed by atoms with Crippen LogP contribution in [-0.2, 0) is 14.8 Å². The first-order valence-electron chi connectivity index (χ1n) is 11.6. The van der Waals surface area contributed by atoms with Crippen molar-refractivity contribution >= 4 is 21.9 Å². The van der Waals surface area contributed by atoms with Crippen molar-refractivity contribution < 1.29 is 36.6 Å². The number of carbonyl (C=O) groups is 2. The Kier molecular flexibility index (Phi) is 8.67. The molecule has 0 aliphatic carbocycles. The lowest BCUT2D eigenvalue weighted by Crippen LogP contribution is -2.49. The van der Waals surface area contributed by atoms with Gasteiger partial charge in [-0.25, -0.2) is 22.0 Å². The second kappa shape index (κ2) is 11.3. The number of piperidine rings is 1. The number of hydrogen-bond donors (Lipinski definition) is 2. The Morgan fingerprint density at radius 1 is 1.11 bits per heavy atom. The van der Waals surface area contributed by atoms with Crippen molar-refractivity contribution in [3.63, 3.8) is 0 Å². The van der Waals surface area contributed by atoms with E-state index in [1.165, 1.54) is 34.6 Å². The maximum absolute atomic E-state index is 13.7. The highest BCUT2D eigenvalue weighted by atomic mass is 32.2. The smallest absolute Gasteiger partial charge is 0.335 e. The third-order valence-corrected chi connectivity index (χ3v) is 8.15. The van der Waals surface area contributed by atoms with Crippen LogP contribution in [0.4, 0.5) is 8.78 Å². The van der Waals surface area contributed by atoms with Gasteiger partial charge in [-0.15, -0.1) is 0 Å². The van der Waals surface area contributed by atoms with Crippen molar-refractivity contribution in [3.05, 3.63) is 59.7 Å². The molecule has 0 radical (unpaired) electrons. The van der Waals surface area contributed by atoms with Crippen LogP contribution in [0.2, 0.25) is 0 Å². The van der Waals surface area contributed by atoms with Crippen LogP contribution >= 0.6 is 0 Å². The van der Waals surface area contributed by atoms with Crippen molar-refractivity contribution in [1.29, 1.82) is 0 Å². The molecule has 1 fully saturated rings. The largest absolute Gasteiger partial charge is 0.491 e. The lowest BCUT2D eigenvalue weighted by Gasteiger charge is -2.33. The van der Waals surface area contributed by atoms with Crippen LogP contribution in [0.15, 0.2) is 47.4 Å². The predicted molar refractivity (Wildman–Crippen MR) is 128 cm³/mol. The Labute approximate surface area is 209 Å². The molecule has 1 heterocycles. The van der Waals surface area contributed by atoms with E-state index in [4.69, 9.17) is 9.84 Å². The first-order valence-corrected chi connectivity index (χ1v) is 13.1. The first-order chi connectivity index (χ1) is 16.9. The van der Waals surface area contributed by atoms with Crippen molar-refractivity contribution in [3.8, 4) is 5.75 Å². The third-order valence-electron chi connectivity index (χ3n) is 6.24. The number of carboxylic acids is 1. The van der Waals surface area contributed by atoms with Crippen LogP contribution in [0.5, 0.6) is 5.75 Å². The summed E-state index contributed by atoms with van der Waals surface area (Å²) >= 11 is 0. The summed E-state index contributed by atoms with van der Waals surface area (Å²) in [6.45, 7) is 4.21. The van der Waals surface area contributed by atoms with Crippen molar-refractivity contribution in [2.75, 3.05) is 19.7 Å². The summed E-state index contributed by atoms with van der Waals surface area (Å²) in [4.78, 5) is 23.9. The van der Waals surface area contributed by atoms with Gasteiger partial charge in [-0.1, -0.05) is 13.8 Å². The van der Waals surface area contributed by atoms with E-state index in [2.05, 4.69) is 5.32 Å². The highest BCUT2D eigenvalue weighted by molar-refractivity contribution is 7.89. The Hall–Kier alpha value is -3.05. The molecule has 2 aromatic carbocycles. The van der Waals surface area contributed by atoms with E-state index in [0.717, 1.165) is 12.1 Å². The molecular formula is C25H30F2N2O6S. The molecule has 1 aliphatic heterocycles. The quantitative estimate of drug-likeness (QED) is 0.457. The molecule has 0 aromatic heterocycles. The highest BCUT2D eigenvalue weighted by Gasteiger charge is 2.33. The predicted octanol–water partition coefficient (Wildman–Crippen LogP) is 3.82. The van der Waals surface area contributed by atoms with Gasteiger partial charge in [0.05, 0.1) is 17.1 Å². The molecule has 196 valence electrons. The van der Waals surface area contributed by atoms with E-state index in [1.54, 1.807) is 13.8 Å². The third kappa shape index (κ3) is 6.79. The van der Waals surface area contributed by atoms with E-state index in [1.807, 2.05) is 0 Å². The number of hydrogen-bond acceptors (Lipinski definition) is 5. The number of halogens is 2. The van der Waals surface area contributed by atoms with Crippen LogP contribution in [0.1, 0.15) is 49.9 Å². The Morgan fingerprint density at radius 2 is 1.75 bits per heavy atom. The zero-order valence-electron chi connectivity index (χ0n) is 20.2. The molecule has 1 amide bonds. The minimum absolute atomic E-state index is 0.00664. The summed E-state index contributed by atoms with van der Waals surface area (Å²) in [7, 11) is -3.76. The molecular weight excluding hydrogens is 494 g/mol. The number of benzene rings is 2. The lowest BCUT2D eigenvalue weighted by molar-refractivity contribution is -0.130. The Balaban J connectivity index is 1.46. The number of carbonyl (C=O) groups excluding carboxylic acids is 1. The fraction of sp³-hybridized carbons (Fsp3) is 0.440. The highest BCUT2D eigenvalue weighted by Crippen LogP contribution is 2.26. The molecule has 11 heteroatoms. The summed E-state index contributed by atoms with van der Waals surface area (Å²) in [6.07, 6.45) is 1.85. The van der Waals surface area contributed by atoms with E-state index in [-0.39, 0.29) is 47.9 Å². The molecule has 0 atom stereocenters. The molecule has 0 bridgehead atoms. The van der Waals surface area contributed by atoms with Crippen LogP contribution in [0.25, 0.3) is 0 Å². The van der Waals surface area contributed by atoms with Gasteiger partial charge in [-0.2, -0.15) is 4.31 Å². The summed E-state index contributed by atoms with van der Waals surface area (Å²) in [5.41, 5.74) is -0.716. The average molecular weight is 525 g/mol. The van der Waals surface area contributed by atoms with Gasteiger partial charge in [-0.05, 0) is 62.1 Å². The fourth-order valence-electron chi connectivity index (χ4n) is 3.94. The standard InChI is InChI=1S/C25H30F2N2O6S/c1-25(2,12-3-15-35-22-9-6-18(26)16-21(22)27)24(32)28-19-10-13-29(14-11-19)36(33,34)20-7-4-17(5-8-20)23(30)31/h4-9,16,19H,3,10-15H2,1-2H3,(H,28,32)(H,30,31). The van der Waals surface area contributed by atoms with E-state index >= 15 is 0 Å². The molecule has 0 unspecified atom stereocenters. The van der Waals surface area contributed by atoms with Crippen LogP contribution in [-0.4, -0.2) is 55.4 Å². The molecule has 2 N–H and O–H groups in total. The molecule has 36 heavy (non-hydrogen) atoms. The van der Waals surface area contributed by atoms with Gasteiger partial charge in [0.15, 0.2) is 11.6 Å². The number of aromatic carboxylic acids is 1. The maximum Gasteiger partial charge on any atom is 0.335 e. The molecule has 0 spiro atoms. The molecule has 2 aromatic rings. The number of amides is 1. The molecule has 1 saturated heterocycles. The lowest BCUT2D eigenvalue weighted by atomic mass is 9.86. The van der Waals surface area contributed by atoms with Crippen molar-refractivity contribution in [2.45, 2.75) is 50.5 Å². The van der Waals surface area contributed by atoms with Gasteiger partial charge in [-0.3, -0.25) is 4.79 Å². The second-order valence-corrected chi connectivity index (χ2v) is 11.3. The Morgan fingerprint density at radius 3 is 2.33 bits per heavy atom. The van der Waals surface area contributed by atoms with Crippen LogP contribution in [0.3, 0.4) is 0 Å². The average Bonchev–Trinajstić information content (AvgIpc) is 2.83.